The highest BCUT2D eigenvalue weighted by Gasteiger charge is 1.96. The van der Waals surface area contributed by atoms with E-state index in [0.29, 0.717) is 0 Å². The fourth-order valence-corrected chi connectivity index (χ4v) is 2.72. The van der Waals surface area contributed by atoms with Crippen molar-refractivity contribution in [2.75, 3.05) is 0 Å². The van der Waals surface area contributed by atoms with Gasteiger partial charge in [0.1, 0.15) is 0 Å². The average molecular weight is 242 g/mol. The lowest BCUT2D eigenvalue weighted by Gasteiger charge is -2.04. The van der Waals surface area contributed by atoms with Crippen molar-refractivity contribution >= 4 is 11.8 Å². The van der Waals surface area contributed by atoms with Gasteiger partial charge in [-0.05, 0) is 25.0 Å². The Labute approximate surface area is 108 Å². The molecule has 0 aliphatic carbocycles. The predicted molar refractivity (Wildman–Crippen MR) is 77.4 cm³/mol. The van der Waals surface area contributed by atoms with Crippen LogP contribution < -0.4 is 0 Å². The molecule has 0 nitrogen and oxygen atoms in total. The standard InChI is InChI=1S/C16H18S/c1-13-6-8-15(9-7-13)11-17-12-16-5-3-4-14(2)10-16/h3-10H,11-12H2,1-2H3. The van der Waals surface area contributed by atoms with Crippen LogP contribution in [0.3, 0.4) is 0 Å². The van der Waals surface area contributed by atoms with Crippen molar-refractivity contribution in [3.63, 3.8) is 0 Å². The maximum Gasteiger partial charge on any atom is 0.0188 e. The molecule has 0 N–H and O–H groups in total. The highest BCUT2D eigenvalue weighted by atomic mass is 32.2. The summed E-state index contributed by atoms with van der Waals surface area (Å²) in [7, 11) is 0. The number of benzene rings is 2. The van der Waals surface area contributed by atoms with Gasteiger partial charge in [0.2, 0.25) is 0 Å². The second kappa shape index (κ2) is 5.92. The van der Waals surface area contributed by atoms with Gasteiger partial charge >= 0.3 is 0 Å². The zero-order valence-electron chi connectivity index (χ0n) is 10.4. The zero-order valence-corrected chi connectivity index (χ0v) is 11.3. The third-order valence-corrected chi connectivity index (χ3v) is 3.82. The molecule has 0 aromatic heterocycles. The van der Waals surface area contributed by atoms with Crippen LogP contribution in [0.1, 0.15) is 22.3 Å². The summed E-state index contributed by atoms with van der Waals surface area (Å²) >= 11 is 1.97. The summed E-state index contributed by atoms with van der Waals surface area (Å²) in [4.78, 5) is 0. The first-order chi connectivity index (χ1) is 8.24. The fraction of sp³-hybridized carbons (Fsp3) is 0.250. The van der Waals surface area contributed by atoms with Crippen molar-refractivity contribution in [1.29, 1.82) is 0 Å². The Morgan fingerprint density at radius 3 is 2.18 bits per heavy atom. The average Bonchev–Trinajstić information content (AvgIpc) is 2.32. The van der Waals surface area contributed by atoms with Gasteiger partial charge in [0.05, 0.1) is 0 Å². The van der Waals surface area contributed by atoms with Gasteiger partial charge in [0, 0.05) is 11.5 Å². The summed E-state index contributed by atoms with van der Waals surface area (Å²) in [6.45, 7) is 4.28. The van der Waals surface area contributed by atoms with Crippen molar-refractivity contribution in [2.24, 2.45) is 0 Å². The molecular formula is C16H18S. The number of aryl methyl sites for hydroxylation is 2. The molecule has 2 aromatic rings. The summed E-state index contributed by atoms with van der Waals surface area (Å²) in [6.07, 6.45) is 0. The number of thioether (sulfide) groups is 1. The number of hydrogen-bond donors (Lipinski definition) is 0. The summed E-state index contributed by atoms with van der Waals surface area (Å²) < 4.78 is 0. The Morgan fingerprint density at radius 1 is 0.765 bits per heavy atom. The Morgan fingerprint density at radius 2 is 1.47 bits per heavy atom. The lowest BCUT2D eigenvalue weighted by molar-refractivity contribution is 1.32. The van der Waals surface area contributed by atoms with Gasteiger partial charge in [-0.2, -0.15) is 11.8 Å². The molecule has 0 aliphatic rings. The predicted octanol–water partition coefficient (Wildman–Crippen LogP) is 4.74. The van der Waals surface area contributed by atoms with Crippen LogP contribution >= 0.6 is 11.8 Å². The molecule has 2 rings (SSSR count). The SMILES string of the molecule is Cc1ccc(CSCc2cccc(C)c2)cc1. The molecule has 0 unspecified atom stereocenters. The quantitative estimate of drug-likeness (QED) is 0.746. The van der Waals surface area contributed by atoms with E-state index in [-0.39, 0.29) is 0 Å². The summed E-state index contributed by atoms with van der Waals surface area (Å²) in [6, 6.07) is 17.6. The van der Waals surface area contributed by atoms with Crippen LogP contribution in [0, 0.1) is 13.8 Å². The van der Waals surface area contributed by atoms with Crippen molar-refractivity contribution in [3.05, 3.63) is 70.8 Å². The first-order valence-electron chi connectivity index (χ1n) is 5.93. The van der Waals surface area contributed by atoms with Crippen molar-refractivity contribution in [2.45, 2.75) is 25.4 Å². The largest absolute Gasteiger partial charge is 0.152 e. The van der Waals surface area contributed by atoms with Crippen LogP contribution in [0.2, 0.25) is 0 Å². The van der Waals surface area contributed by atoms with Crippen molar-refractivity contribution < 1.29 is 0 Å². The summed E-state index contributed by atoms with van der Waals surface area (Å²) in [5.41, 5.74) is 5.51. The minimum absolute atomic E-state index is 1.09. The molecule has 0 spiro atoms. The smallest absolute Gasteiger partial charge is 0.0188 e. The number of hydrogen-bond acceptors (Lipinski definition) is 1. The minimum atomic E-state index is 1.09. The van der Waals surface area contributed by atoms with E-state index in [1.54, 1.807) is 0 Å². The van der Waals surface area contributed by atoms with Crippen LogP contribution in [0.5, 0.6) is 0 Å². The maximum atomic E-state index is 2.27. The van der Waals surface area contributed by atoms with E-state index >= 15 is 0 Å². The van der Waals surface area contributed by atoms with Crippen molar-refractivity contribution in [1.82, 2.24) is 0 Å². The first-order valence-corrected chi connectivity index (χ1v) is 7.08. The Balaban J connectivity index is 1.85. The fourth-order valence-electron chi connectivity index (χ4n) is 1.77. The van der Waals surface area contributed by atoms with Crippen molar-refractivity contribution in [3.8, 4) is 0 Å². The van der Waals surface area contributed by atoms with Crippen LogP contribution in [-0.4, -0.2) is 0 Å². The summed E-state index contributed by atoms with van der Waals surface area (Å²) in [5, 5.41) is 0. The second-order valence-electron chi connectivity index (χ2n) is 4.47. The van der Waals surface area contributed by atoms with E-state index in [0.717, 1.165) is 11.5 Å². The molecule has 1 heteroatoms. The third-order valence-electron chi connectivity index (χ3n) is 2.74. The molecule has 0 heterocycles. The Hall–Kier alpha value is -1.21. The first kappa shape index (κ1) is 12.3. The van der Waals surface area contributed by atoms with Gasteiger partial charge in [-0.15, -0.1) is 0 Å². The van der Waals surface area contributed by atoms with Gasteiger partial charge in [-0.1, -0.05) is 59.7 Å². The van der Waals surface area contributed by atoms with Gasteiger partial charge in [0.15, 0.2) is 0 Å². The number of rotatable bonds is 4. The van der Waals surface area contributed by atoms with Crippen LogP contribution in [-0.2, 0) is 11.5 Å². The molecule has 0 amide bonds. The minimum Gasteiger partial charge on any atom is -0.152 e. The lowest BCUT2D eigenvalue weighted by Crippen LogP contribution is -1.84. The molecule has 2 aromatic carbocycles. The monoisotopic (exact) mass is 242 g/mol. The van der Waals surface area contributed by atoms with E-state index in [4.69, 9.17) is 0 Å². The molecule has 17 heavy (non-hydrogen) atoms. The van der Waals surface area contributed by atoms with Crippen LogP contribution in [0.15, 0.2) is 48.5 Å². The highest BCUT2D eigenvalue weighted by Crippen LogP contribution is 2.18. The van der Waals surface area contributed by atoms with Gasteiger partial charge in [-0.3, -0.25) is 0 Å². The molecule has 0 atom stereocenters. The van der Waals surface area contributed by atoms with Crippen LogP contribution in [0.4, 0.5) is 0 Å². The molecule has 88 valence electrons. The normalized spacial score (nSPS) is 10.5. The van der Waals surface area contributed by atoms with Crippen LogP contribution in [0.25, 0.3) is 0 Å². The van der Waals surface area contributed by atoms with E-state index in [1.807, 2.05) is 11.8 Å². The topological polar surface area (TPSA) is 0 Å². The molecule has 0 fully saturated rings. The molecule has 0 bridgehead atoms. The second-order valence-corrected chi connectivity index (χ2v) is 5.45. The molecule has 0 aliphatic heterocycles. The summed E-state index contributed by atoms with van der Waals surface area (Å²) in [5.74, 6) is 2.18. The van der Waals surface area contributed by atoms with E-state index in [1.165, 1.54) is 22.3 Å². The van der Waals surface area contributed by atoms with E-state index in [9.17, 15) is 0 Å². The van der Waals surface area contributed by atoms with Gasteiger partial charge in [-0.25, -0.2) is 0 Å². The maximum absolute atomic E-state index is 2.27. The third kappa shape index (κ3) is 3.94. The zero-order chi connectivity index (χ0) is 12.1. The van der Waals surface area contributed by atoms with E-state index in [2.05, 4.69) is 62.4 Å². The van der Waals surface area contributed by atoms with Gasteiger partial charge in [0.25, 0.3) is 0 Å². The van der Waals surface area contributed by atoms with E-state index < -0.39 is 0 Å². The van der Waals surface area contributed by atoms with Gasteiger partial charge < -0.3 is 0 Å². The molecule has 0 saturated carbocycles. The highest BCUT2D eigenvalue weighted by molar-refractivity contribution is 7.97. The molecule has 0 radical (unpaired) electrons. The Kier molecular flexibility index (Phi) is 4.27. The molecule has 0 saturated heterocycles. The Bertz CT molecular complexity index is 471. The molecular weight excluding hydrogens is 224 g/mol. The lowest BCUT2D eigenvalue weighted by atomic mass is 10.2.